The van der Waals surface area contributed by atoms with Gasteiger partial charge in [0, 0.05) is 5.69 Å². The van der Waals surface area contributed by atoms with Gasteiger partial charge in [-0.25, -0.2) is 4.39 Å². The van der Waals surface area contributed by atoms with E-state index in [4.69, 9.17) is 14.9 Å². The first-order chi connectivity index (χ1) is 14.6. The minimum atomic E-state index is -0.307. The van der Waals surface area contributed by atoms with E-state index in [2.05, 4.69) is 0 Å². The van der Waals surface area contributed by atoms with Crippen LogP contribution in [-0.4, -0.2) is 29.3 Å². The van der Waals surface area contributed by atoms with Crippen LogP contribution in [0.5, 0.6) is 5.75 Å². The van der Waals surface area contributed by atoms with Gasteiger partial charge in [-0.05, 0) is 47.5 Å². The van der Waals surface area contributed by atoms with Gasteiger partial charge in [-0.15, -0.1) is 0 Å². The van der Waals surface area contributed by atoms with E-state index in [9.17, 15) is 9.18 Å². The minimum Gasteiger partial charge on any atom is -0.489 e. The molecule has 1 aliphatic heterocycles. The smallest absolute Gasteiger partial charge is 0.230 e. The van der Waals surface area contributed by atoms with Gasteiger partial charge in [0.25, 0.3) is 0 Å². The summed E-state index contributed by atoms with van der Waals surface area (Å²) in [6, 6.07) is 23.8. The number of hydrogen-bond acceptors (Lipinski definition) is 4. The van der Waals surface area contributed by atoms with Crippen LogP contribution in [0.15, 0.2) is 78.9 Å². The quantitative estimate of drug-likeness (QED) is 0.607. The minimum absolute atomic E-state index is 0.0175. The zero-order chi connectivity index (χ0) is 21.3. The maximum Gasteiger partial charge on any atom is 0.230 e. The molecule has 3 aromatic carbocycles. The summed E-state index contributed by atoms with van der Waals surface area (Å²) in [4.78, 5) is 13.7. The second kappa shape index (κ2) is 10.5. The number of ether oxygens (including phenoxy) is 1. The predicted molar refractivity (Wildman–Crippen MR) is 113 cm³/mol. The third-order valence-corrected chi connectivity index (χ3v) is 4.67. The lowest BCUT2D eigenvalue weighted by molar-refractivity contribution is -0.124. The molecule has 0 saturated carbocycles. The van der Waals surface area contributed by atoms with Crippen molar-refractivity contribution in [2.24, 2.45) is 0 Å². The third-order valence-electron chi connectivity index (χ3n) is 4.67. The number of aliphatic hydroxyl groups excluding tert-OH is 2. The molecule has 156 valence electrons. The highest BCUT2D eigenvalue weighted by Gasteiger charge is 2.38. The first-order valence-corrected chi connectivity index (χ1v) is 9.68. The molecule has 1 heterocycles. The fourth-order valence-corrected chi connectivity index (χ4v) is 3.14. The molecule has 1 fully saturated rings. The van der Waals surface area contributed by atoms with E-state index in [-0.39, 0.29) is 31.0 Å². The van der Waals surface area contributed by atoms with E-state index >= 15 is 0 Å². The number of amides is 1. The zero-order valence-electron chi connectivity index (χ0n) is 16.4. The highest BCUT2D eigenvalue weighted by atomic mass is 19.1. The number of benzene rings is 3. The lowest BCUT2D eigenvalue weighted by Crippen LogP contribution is -2.46. The Labute approximate surface area is 175 Å². The normalized spacial score (nSPS) is 15.1. The summed E-state index contributed by atoms with van der Waals surface area (Å²) in [6.07, 6.45) is 0.460. The number of anilines is 1. The van der Waals surface area contributed by atoms with Crippen LogP contribution < -0.4 is 9.64 Å². The fourth-order valence-electron chi connectivity index (χ4n) is 3.14. The van der Waals surface area contributed by atoms with Crippen molar-refractivity contribution >= 4 is 11.6 Å². The molecule has 5 nitrogen and oxygen atoms in total. The highest BCUT2D eigenvalue weighted by Crippen LogP contribution is 2.39. The van der Waals surface area contributed by atoms with Crippen LogP contribution in [0.4, 0.5) is 10.1 Å². The second-order valence-corrected chi connectivity index (χ2v) is 6.75. The Morgan fingerprint density at radius 2 is 1.53 bits per heavy atom. The van der Waals surface area contributed by atoms with Gasteiger partial charge in [0.05, 0.1) is 25.7 Å². The molecule has 3 aromatic rings. The Kier molecular flexibility index (Phi) is 7.54. The number of carbonyl (C=O) groups is 1. The molecule has 1 aliphatic rings. The maximum absolute atomic E-state index is 13.1. The number of rotatable bonds is 6. The van der Waals surface area contributed by atoms with Crippen molar-refractivity contribution in [3.63, 3.8) is 0 Å². The first kappa shape index (κ1) is 21.5. The van der Waals surface area contributed by atoms with Crippen molar-refractivity contribution in [1.82, 2.24) is 0 Å². The molecule has 1 amide bonds. The van der Waals surface area contributed by atoms with Crippen LogP contribution >= 0.6 is 0 Å². The van der Waals surface area contributed by atoms with Crippen LogP contribution in [-0.2, 0) is 11.4 Å². The summed E-state index contributed by atoms with van der Waals surface area (Å²) < 4.78 is 18.9. The SMILES string of the molecule is O=C1CC(c2ccc(OCc3ccccc3)cc2)N1c1ccc(F)cc1.OCCO. The standard InChI is InChI=1S/C22H18FNO2.C2H6O2/c23-18-8-10-19(11-9-18)24-21(14-22(24)25)17-6-12-20(13-7-17)26-15-16-4-2-1-3-5-16;3-1-2-4/h1-13,21H,14-15H2;3-4H,1-2H2. The number of nitrogens with zero attached hydrogens (tertiary/aromatic N) is 1. The molecule has 2 N–H and O–H groups in total. The van der Waals surface area contributed by atoms with Crippen molar-refractivity contribution in [2.75, 3.05) is 18.1 Å². The van der Waals surface area contributed by atoms with E-state index in [1.807, 2.05) is 54.6 Å². The largest absolute Gasteiger partial charge is 0.489 e. The number of carbonyl (C=O) groups excluding carboxylic acids is 1. The molecule has 0 spiro atoms. The zero-order valence-corrected chi connectivity index (χ0v) is 16.4. The summed E-state index contributed by atoms with van der Waals surface area (Å²) in [6.45, 7) is 0.268. The number of β-lactam (4-membered cyclic amide) rings is 1. The molecule has 0 aliphatic carbocycles. The van der Waals surface area contributed by atoms with Crippen molar-refractivity contribution in [3.05, 3.63) is 95.8 Å². The third kappa shape index (κ3) is 5.43. The van der Waals surface area contributed by atoms with E-state index in [1.54, 1.807) is 17.0 Å². The Hall–Kier alpha value is -3.22. The van der Waals surface area contributed by atoms with Gasteiger partial charge in [0.2, 0.25) is 5.91 Å². The van der Waals surface area contributed by atoms with Crippen molar-refractivity contribution in [2.45, 2.75) is 19.1 Å². The van der Waals surface area contributed by atoms with Crippen LogP contribution in [0.1, 0.15) is 23.6 Å². The highest BCUT2D eigenvalue weighted by molar-refractivity contribution is 6.01. The summed E-state index contributed by atoms with van der Waals surface area (Å²) in [7, 11) is 0. The van der Waals surface area contributed by atoms with Crippen LogP contribution in [0, 0.1) is 5.82 Å². The Morgan fingerprint density at radius 1 is 0.900 bits per heavy atom. The van der Waals surface area contributed by atoms with Crippen LogP contribution in [0.3, 0.4) is 0 Å². The van der Waals surface area contributed by atoms with Crippen molar-refractivity contribution < 1.29 is 24.1 Å². The second-order valence-electron chi connectivity index (χ2n) is 6.75. The van der Waals surface area contributed by atoms with E-state index < -0.39 is 0 Å². The summed E-state index contributed by atoms with van der Waals surface area (Å²) >= 11 is 0. The monoisotopic (exact) mass is 409 g/mol. The first-order valence-electron chi connectivity index (χ1n) is 9.68. The maximum atomic E-state index is 13.1. The molecule has 4 rings (SSSR count). The lowest BCUT2D eigenvalue weighted by Gasteiger charge is -2.40. The average Bonchev–Trinajstić information content (AvgIpc) is 2.79. The number of halogens is 1. The Morgan fingerprint density at radius 3 is 2.10 bits per heavy atom. The lowest BCUT2D eigenvalue weighted by atomic mass is 9.93. The molecular weight excluding hydrogens is 385 g/mol. The van der Waals surface area contributed by atoms with Gasteiger partial charge < -0.3 is 19.8 Å². The van der Waals surface area contributed by atoms with E-state index in [0.717, 1.165) is 22.6 Å². The summed E-state index contributed by atoms with van der Waals surface area (Å²) in [5.41, 5.74) is 2.88. The van der Waals surface area contributed by atoms with Gasteiger partial charge in [-0.3, -0.25) is 4.79 Å². The van der Waals surface area contributed by atoms with Crippen LogP contribution in [0.25, 0.3) is 0 Å². The number of hydrogen-bond donors (Lipinski definition) is 2. The van der Waals surface area contributed by atoms with Crippen LogP contribution in [0.2, 0.25) is 0 Å². The van der Waals surface area contributed by atoms with E-state index in [1.165, 1.54) is 12.1 Å². The Bertz CT molecular complexity index is 928. The molecular formula is C24H24FNO4. The molecule has 0 radical (unpaired) electrons. The predicted octanol–water partition coefficient (Wildman–Crippen LogP) is 3.85. The molecule has 1 unspecified atom stereocenters. The molecule has 1 saturated heterocycles. The molecule has 0 bridgehead atoms. The number of aliphatic hydroxyl groups is 2. The summed E-state index contributed by atoms with van der Waals surface area (Å²) in [5.74, 6) is 0.529. The van der Waals surface area contributed by atoms with Crippen molar-refractivity contribution in [3.8, 4) is 5.75 Å². The molecule has 0 aromatic heterocycles. The van der Waals surface area contributed by atoms with Gasteiger partial charge in [-0.1, -0.05) is 42.5 Å². The van der Waals surface area contributed by atoms with Gasteiger partial charge in [-0.2, -0.15) is 0 Å². The average molecular weight is 409 g/mol. The summed E-state index contributed by atoms with van der Waals surface area (Å²) in [5, 5.41) is 15.2. The molecule has 6 heteroatoms. The van der Waals surface area contributed by atoms with Gasteiger partial charge in [0.15, 0.2) is 0 Å². The van der Waals surface area contributed by atoms with Gasteiger partial charge in [0.1, 0.15) is 18.2 Å². The van der Waals surface area contributed by atoms with Gasteiger partial charge >= 0.3 is 0 Å². The molecule has 30 heavy (non-hydrogen) atoms. The topological polar surface area (TPSA) is 70.0 Å². The molecule has 1 atom stereocenters. The fraction of sp³-hybridized carbons (Fsp3) is 0.208. The van der Waals surface area contributed by atoms with E-state index in [0.29, 0.717) is 13.0 Å². The Balaban J connectivity index is 0.000000589. The van der Waals surface area contributed by atoms with Crippen molar-refractivity contribution in [1.29, 1.82) is 0 Å².